The van der Waals surface area contributed by atoms with Crippen LogP contribution in [0.1, 0.15) is 22.3 Å². The number of nitrogens with zero attached hydrogens (tertiary/aromatic N) is 4. The van der Waals surface area contributed by atoms with E-state index in [-0.39, 0.29) is 29.7 Å². The summed E-state index contributed by atoms with van der Waals surface area (Å²) in [6.45, 7) is 4.06. The molecule has 160 valence electrons. The van der Waals surface area contributed by atoms with Crippen LogP contribution >= 0.6 is 0 Å². The van der Waals surface area contributed by atoms with Crippen LogP contribution in [-0.2, 0) is 6.61 Å². The summed E-state index contributed by atoms with van der Waals surface area (Å²) in [7, 11) is 1.40. The number of aryl methyl sites for hydroxylation is 2. The number of hydrazone groups is 1. The normalized spacial score (nSPS) is 10.8. The van der Waals surface area contributed by atoms with E-state index in [2.05, 4.69) is 25.7 Å². The van der Waals surface area contributed by atoms with Crippen molar-refractivity contribution in [1.82, 2.24) is 15.2 Å². The van der Waals surface area contributed by atoms with Crippen molar-refractivity contribution in [3.63, 3.8) is 0 Å². The van der Waals surface area contributed by atoms with Crippen LogP contribution in [0.25, 0.3) is 0 Å². The molecule has 0 radical (unpaired) electrons. The van der Waals surface area contributed by atoms with Crippen molar-refractivity contribution < 1.29 is 14.4 Å². The maximum atomic E-state index is 11.7. The van der Waals surface area contributed by atoms with Gasteiger partial charge in [-0.1, -0.05) is 23.8 Å². The van der Waals surface area contributed by atoms with Crippen LogP contribution in [0.4, 0.5) is 11.6 Å². The Hall–Kier alpha value is -4.28. The number of hydrogen-bond acceptors (Lipinski definition) is 9. The minimum absolute atomic E-state index is 0.0248. The third-order valence-corrected chi connectivity index (χ3v) is 4.31. The highest BCUT2D eigenvalue weighted by molar-refractivity contribution is 5.83. The molecular weight excluding hydrogens is 404 g/mol. The van der Waals surface area contributed by atoms with Gasteiger partial charge in [0.1, 0.15) is 12.8 Å². The minimum atomic E-state index is -0.550. The Balaban J connectivity index is 1.86. The Bertz CT molecular complexity index is 1190. The number of H-pyrrole nitrogens is 1. The van der Waals surface area contributed by atoms with Crippen LogP contribution < -0.4 is 20.5 Å². The molecule has 0 aliphatic rings. The fourth-order valence-electron chi connectivity index (χ4n) is 2.75. The van der Waals surface area contributed by atoms with E-state index in [0.29, 0.717) is 5.56 Å². The summed E-state index contributed by atoms with van der Waals surface area (Å²) in [5.41, 5.74) is 5.16. The Morgan fingerprint density at radius 3 is 2.81 bits per heavy atom. The molecule has 0 saturated heterocycles. The van der Waals surface area contributed by atoms with Gasteiger partial charge >= 0.3 is 5.69 Å². The first-order chi connectivity index (χ1) is 14.9. The number of ether oxygens (including phenoxy) is 2. The second kappa shape index (κ2) is 9.48. The van der Waals surface area contributed by atoms with Crippen molar-refractivity contribution in [3.8, 4) is 11.5 Å². The van der Waals surface area contributed by atoms with Crippen LogP contribution in [0.5, 0.6) is 11.5 Å². The van der Waals surface area contributed by atoms with Gasteiger partial charge in [0.15, 0.2) is 5.75 Å². The highest BCUT2D eigenvalue weighted by atomic mass is 16.6. The number of nitrogens with one attached hydrogen (secondary N) is 2. The molecule has 2 N–H and O–H groups in total. The standard InChI is InChI=1S/C20H20N6O5/c1-12-4-5-13(2)15(6-12)11-31-19-16(26(28)29)7-14(8-17(19)30-3)9-21-24-20-23-18(27)10-22-25-20/h4-10H,11H2,1-3H3,(H2,23,24,25,27)/b21-9+. The van der Waals surface area contributed by atoms with Gasteiger partial charge in [0.05, 0.1) is 18.2 Å². The van der Waals surface area contributed by atoms with E-state index in [1.54, 1.807) is 6.07 Å². The second-order valence-electron chi connectivity index (χ2n) is 6.60. The lowest BCUT2D eigenvalue weighted by molar-refractivity contribution is -0.386. The van der Waals surface area contributed by atoms with E-state index in [0.717, 1.165) is 22.9 Å². The van der Waals surface area contributed by atoms with Gasteiger partial charge < -0.3 is 9.47 Å². The Kier molecular flexibility index (Phi) is 6.55. The molecule has 0 aliphatic carbocycles. The van der Waals surface area contributed by atoms with Gasteiger partial charge in [-0.3, -0.25) is 19.9 Å². The SMILES string of the molecule is COc1cc(/C=N/Nc2nncc(=O)[nH]2)cc([N+](=O)[O-])c1OCc1cc(C)ccc1C. The molecule has 31 heavy (non-hydrogen) atoms. The monoisotopic (exact) mass is 424 g/mol. The summed E-state index contributed by atoms with van der Waals surface area (Å²) in [6, 6.07) is 8.79. The summed E-state index contributed by atoms with van der Waals surface area (Å²) < 4.78 is 11.1. The summed E-state index contributed by atoms with van der Waals surface area (Å²) in [4.78, 5) is 24.7. The van der Waals surface area contributed by atoms with E-state index in [9.17, 15) is 14.9 Å². The van der Waals surface area contributed by atoms with Gasteiger partial charge in [0.2, 0.25) is 11.7 Å². The van der Waals surface area contributed by atoms with Crippen LogP contribution in [0.2, 0.25) is 0 Å². The fourth-order valence-corrected chi connectivity index (χ4v) is 2.75. The number of nitro groups is 1. The van der Waals surface area contributed by atoms with E-state index < -0.39 is 10.5 Å². The number of aromatic amines is 1. The molecule has 0 bridgehead atoms. The van der Waals surface area contributed by atoms with E-state index in [1.807, 2.05) is 32.0 Å². The first-order valence-electron chi connectivity index (χ1n) is 9.14. The molecule has 3 rings (SSSR count). The lowest BCUT2D eigenvalue weighted by atomic mass is 10.1. The number of nitro benzene ring substituents is 1. The Morgan fingerprint density at radius 2 is 2.10 bits per heavy atom. The fraction of sp³-hybridized carbons (Fsp3) is 0.200. The van der Waals surface area contributed by atoms with Crippen molar-refractivity contribution >= 4 is 17.9 Å². The van der Waals surface area contributed by atoms with Crippen molar-refractivity contribution in [2.75, 3.05) is 12.5 Å². The predicted molar refractivity (Wildman–Crippen MR) is 114 cm³/mol. The van der Waals surface area contributed by atoms with E-state index >= 15 is 0 Å². The van der Waals surface area contributed by atoms with Crippen molar-refractivity contribution in [3.05, 3.63) is 79.3 Å². The summed E-state index contributed by atoms with van der Waals surface area (Å²) in [5.74, 6) is 0.240. The zero-order valence-corrected chi connectivity index (χ0v) is 17.1. The maximum absolute atomic E-state index is 11.7. The molecule has 11 heteroatoms. The number of rotatable bonds is 8. The Labute approximate surface area is 176 Å². The lowest BCUT2D eigenvalue weighted by Gasteiger charge is -2.13. The molecule has 11 nitrogen and oxygen atoms in total. The highest BCUT2D eigenvalue weighted by Gasteiger charge is 2.22. The maximum Gasteiger partial charge on any atom is 0.315 e. The van der Waals surface area contributed by atoms with E-state index in [1.165, 1.54) is 19.4 Å². The molecule has 0 unspecified atom stereocenters. The second-order valence-corrected chi connectivity index (χ2v) is 6.60. The molecule has 0 amide bonds. The Morgan fingerprint density at radius 1 is 1.29 bits per heavy atom. The van der Waals surface area contributed by atoms with Crippen LogP contribution in [0, 0.1) is 24.0 Å². The highest BCUT2D eigenvalue weighted by Crippen LogP contribution is 2.38. The third kappa shape index (κ3) is 5.41. The number of hydrogen-bond donors (Lipinski definition) is 2. The van der Waals surface area contributed by atoms with E-state index in [4.69, 9.17) is 9.47 Å². The minimum Gasteiger partial charge on any atom is -0.493 e. The molecule has 1 heterocycles. The first kappa shape index (κ1) is 21.4. The van der Waals surface area contributed by atoms with Gasteiger partial charge in [-0.15, -0.1) is 10.2 Å². The molecular formula is C20H20N6O5. The predicted octanol–water partition coefficient (Wildman–Crippen LogP) is 2.72. The quantitative estimate of drug-likeness (QED) is 0.319. The molecule has 0 aliphatic heterocycles. The molecule has 0 fully saturated rings. The molecule has 0 atom stereocenters. The average Bonchev–Trinajstić information content (AvgIpc) is 2.74. The smallest absolute Gasteiger partial charge is 0.315 e. The number of aromatic nitrogens is 3. The zero-order valence-electron chi connectivity index (χ0n) is 17.1. The molecule has 3 aromatic rings. The van der Waals surface area contributed by atoms with Gasteiger partial charge in [0.25, 0.3) is 5.56 Å². The zero-order chi connectivity index (χ0) is 22.4. The van der Waals surface area contributed by atoms with Crippen LogP contribution in [0.15, 0.2) is 46.4 Å². The van der Waals surface area contributed by atoms with Gasteiger partial charge in [0, 0.05) is 11.6 Å². The van der Waals surface area contributed by atoms with Crippen molar-refractivity contribution in [1.29, 1.82) is 0 Å². The van der Waals surface area contributed by atoms with Gasteiger partial charge in [-0.05, 0) is 31.0 Å². The number of benzene rings is 2. The van der Waals surface area contributed by atoms with Crippen molar-refractivity contribution in [2.24, 2.45) is 5.10 Å². The summed E-state index contributed by atoms with van der Waals surface area (Å²) in [5, 5.41) is 22.7. The number of anilines is 1. The third-order valence-electron chi connectivity index (χ3n) is 4.31. The van der Waals surface area contributed by atoms with Crippen LogP contribution in [0.3, 0.4) is 0 Å². The van der Waals surface area contributed by atoms with Crippen LogP contribution in [-0.4, -0.2) is 33.4 Å². The topological polar surface area (TPSA) is 145 Å². The average molecular weight is 424 g/mol. The number of methoxy groups -OCH3 is 1. The van der Waals surface area contributed by atoms with Gasteiger partial charge in [-0.2, -0.15) is 5.10 Å². The molecule has 0 spiro atoms. The largest absolute Gasteiger partial charge is 0.493 e. The molecule has 1 aromatic heterocycles. The van der Waals surface area contributed by atoms with Crippen molar-refractivity contribution in [2.45, 2.75) is 20.5 Å². The summed E-state index contributed by atoms with van der Waals surface area (Å²) in [6.07, 6.45) is 2.33. The first-order valence-corrected chi connectivity index (χ1v) is 9.14. The van der Waals surface area contributed by atoms with Gasteiger partial charge in [-0.25, -0.2) is 5.43 Å². The molecule has 0 saturated carbocycles. The lowest BCUT2D eigenvalue weighted by Crippen LogP contribution is -2.10. The summed E-state index contributed by atoms with van der Waals surface area (Å²) >= 11 is 0. The molecule has 2 aromatic carbocycles.